The number of aryl methyl sites for hydroxylation is 1. The maximum atomic E-state index is 13.8. The van der Waals surface area contributed by atoms with E-state index in [2.05, 4.69) is 4.98 Å². The van der Waals surface area contributed by atoms with Gasteiger partial charge in [-0.05, 0) is 66.4 Å². The van der Waals surface area contributed by atoms with E-state index >= 15 is 0 Å². The van der Waals surface area contributed by atoms with Gasteiger partial charge in [0.1, 0.15) is 23.4 Å². The fourth-order valence-corrected chi connectivity index (χ4v) is 6.01. The number of halogens is 1. The van der Waals surface area contributed by atoms with Crippen molar-refractivity contribution in [1.29, 1.82) is 0 Å². The molecule has 0 bridgehead atoms. The van der Waals surface area contributed by atoms with Crippen LogP contribution in [0.5, 0.6) is 5.75 Å². The van der Waals surface area contributed by atoms with Crippen molar-refractivity contribution in [2.75, 3.05) is 4.90 Å². The molecule has 3 heterocycles. The van der Waals surface area contributed by atoms with Crippen LogP contribution in [-0.4, -0.2) is 27.9 Å². The largest absolute Gasteiger partial charge is 0.507 e. The molecular weight excluding hydrogens is 491 g/mol. The summed E-state index contributed by atoms with van der Waals surface area (Å²) in [5.74, 6) is -1.49. The second-order valence-electron chi connectivity index (χ2n) is 9.33. The zero-order valence-electron chi connectivity index (χ0n) is 20.2. The summed E-state index contributed by atoms with van der Waals surface area (Å²) in [5, 5.41) is 11.7. The lowest BCUT2D eigenvalue weighted by Crippen LogP contribution is -2.29. The normalized spacial score (nSPS) is 20.5. The molecule has 1 N–H and O–H groups in total. The predicted octanol–water partition coefficient (Wildman–Crippen LogP) is 5.95. The highest BCUT2D eigenvalue weighted by Crippen LogP contribution is 2.45. The van der Waals surface area contributed by atoms with E-state index in [1.807, 2.05) is 38.1 Å². The van der Waals surface area contributed by atoms with Crippen molar-refractivity contribution in [2.24, 2.45) is 0 Å². The first-order valence-electron chi connectivity index (χ1n) is 12.1. The van der Waals surface area contributed by atoms with E-state index in [1.165, 1.54) is 17.0 Å². The van der Waals surface area contributed by atoms with Crippen molar-refractivity contribution in [1.82, 2.24) is 4.98 Å². The number of rotatable bonds is 4. The number of aromatic nitrogens is 1. The Kier molecular flexibility index (Phi) is 5.56. The molecule has 0 aliphatic carbocycles. The smallest absolute Gasteiger partial charge is 0.301 e. The molecule has 0 saturated carbocycles. The third-order valence-corrected chi connectivity index (χ3v) is 7.88. The lowest BCUT2D eigenvalue weighted by Gasteiger charge is -2.23. The highest BCUT2D eigenvalue weighted by Gasteiger charge is 2.48. The monoisotopic (exact) mass is 514 g/mol. The van der Waals surface area contributed by atoms with Crippen LogP contribution in [0.15, 0.2) is 66.2 Å². The summed E-state index contributed by atoms with van der Waals surface area (Å²) < 4.78 is 20.2. The lowest BCUT2D eigenvalue weighted by atomic mass is 9.94. The molecule has 0 spiro atoms. The van der Waals surface area contributed by atoms with Gasteiger partial charge in [-0.2, -0.15) is 0 Å². The highest BCUT2D eigenvalue weighted by molar-refractivity contribution is 7.22. The van der Waals surface area contributed by atoms with Crippen LogP contribution in [0, 0.1) is 5.82 Å². The van der Waals surface area contributed by atoms with Gasteiger partial charge in [0.25, 0.3) is 5.78 Å². The minimum Gasteiger partial charge on any atom is -0.507 e. The van der Waals surface area contributed by atoms with Crippen LogP contribution in [0.1, 0.15) is 42.1 Å². The summed E-state index contributed by atoms with van der Waals surface area (Å²) in [6.07, 6.45) is 1.55. The summed E-state index contributed by atoms with van der Waals surface area (Å²) in [7, 11) is 0. The van der Waals surface area contributed by atoms with Gasteiger partial charge in [0.2, 0.25) is 0 Å². The van der Waals surface area contributed by atoms with Gasteiger partial charge in [-0.25, -0.2) is 9.37 Å². The Morgan fingerprint density at radius 1 is 1.14 bits per heavy atom. The molecule has 1 amide bonds. The molecule has 2 aliphatic rings. The summed E-state index contributed by atoms with van der Waals surface area (Å²) in [6.45, 7) is 4.01. The number of ether oxygens (including phenoxy) is 1. The maximum Gasteiger partial charge on any atom is 0.301 e. The van der Waals surface area contributed by atoms with Gasteiger partial charge < -0.3 is 9.84 Å². The molecule has 37 heavy (non-hydrogen) atoms. The van der Waals surface area contributed by atoms with Crippen LogP contribution in [0.4, 0.5) is 9.52 Å². The maximum absolute atomic E-state index is 13.8. The Bertz CT molecular complexity index is 1610. The Morgan fingerprint density at radius 2 is 1.92 bits per heavy atom. The van der Waals surface area contributed by atoms with E-state index in [0.29, 0.717) is 27.8 Å². The molecule has 4 aromatic rings. The van der Waals surface area contributed by atoms with Crippen molar-refractivity contribution in [3.8, 4) is 5.75 Å². The van der Waals surface area contributed by atoms with Crippen LogP contribution in [0.2, 0.25) is 0 Å². The third-order valence-electron chi connectivity index (χ3n) is 6.86. The van der Waals surface area contributed by atoms with E-state index in [0.717, 1.165) is 34.6 Å². The van der Waals surface area contributed by atoms with E-state index in [9.17, 15) is 19.1 Å². The summed E-state index contributed by atoms with van der Waals surface area (Å²) in [5.41, 5.74) is 3.66. The number of nitrogens with zero attached hydrogens (tertiary/aromatic N) is 2. The first kappa shape index (κ1) is 23.4. The first-order chi connectivity index (χ1) is 17.8. The van der Waals surface area contributed by atoms with Crippen LogP contribution < -0.4 is 9.64 Å². The van der Waals surface area contributed by atoms with Crippen molar-refractivity contribution in [3.05, 3.63) is 94.3 Å². The molecule has 2 atom stereocenters. The molecule has 1 fully saturated rings. The Morgan fingerprint density at radius 3 is 2.68 bits per heavy atom. The quantitative estimate of drug-likeness (QED) is 0.207. The number of aliphatic hydroxyl groups excluding tert-OH is 1. The first-order valence-corrected chi connectivity index (χ1v) is 12.9. The van der Waals surface area contributed by atoms with Gasteiger partial charge in [-0.1, -0.05) is 42.5 Å². The second-order valence-corrected chi connectivity index (χ2v) is 10.3. The third kappa shape index (κ3) is 3.88. The summed E-state index contributed by atoms with van der Waals surface area (Å²) in [4.78, 5) is 32.7. The fraction of sp³-hybridized carbons (Fsp3) is 0.207. The number of carbonyl (C=O) groups excluding carboxylic acids is 2. The number of anilines is 1. The number of benzene rings is 3. The fourth-order valence-electron chi connectivity index (χ4n) is 5.00. The van der Waals surface area contributed by atoms with Gasteiger partial charge in [0, 0.05) is 12.0 Å². The number of thiazole rings is 1. The highest BCUT2D eigenvalue weighted by atomic mass is 32.1. The van der Waals surface area contributed by atoms with Gasteiger partial charge in [0.05, 0.1) is 21.8 Å². The zero-order chi connectivity index (χ0) is 25.8. The molecule has 186 valence electrons. The molecule has 0 radical (unpaired) electrons. The van der Waals surface area contributed by atoms with E-state index < -0.39 is 23.5 Å². The molecule has 2 aliphatic heterocycles. The second kappa shape index (κ2) is 8.81. The lowest BCUT2D eigenvalue weighted by molar-refractivity contribution is -0.132. The standard InChI is InChI=1S/C29H23FN2O4S/c1-3-16-4-6-17(7-5-16)25-24(26(33)18-8-11-22-19(13-18)12-15(2)36-22)27(34)28(35)32(25)29-31-21-10-9-20(30)14-23(21)37-29/h4-11,13-15,25,33H,3,12H2,1-2H3/b26-24-. The SMILES string of the molecule is CCc1ccc(C2/C(=C(/O)c3ccc4c(c3)CC(C)O4)C(=O)C(=O)N2c2nc3ccc(F)cc3s2)cc1. The minimum absolute atomic E-state index is 0.00778. The van der Waals surface area contributed by atoms with Gasteiger partial charge in [-0.3, -0.25) is 14.5 Å². The predicted molar refractivity (Wildman–Crippen MR) is 140 cm³/mol. The number of Topliss-reactive ketones (excluding diaryl/α,β-unsaturated/α-hetero) is 1. The molecular formula is C29H23FN2O4S. The number of hydrogen-bond donors (Lipinski definition) is 1. The van der Waals surface area contributed by atoms with Crippen molar-refractivity contribution in [2.45, 2.75) is 38.8 Å². The molecule has 8 heteroatoms. The van der Waals surface area contributed by atoms with Crippen LogP contribution in [0.25, 0.3) is 16.0 Å². The van der Waals surface area contributed by atoms with E-state index in [-0.39, 0.29) is 22.6 Å². The summed E-state index contributed by atoms with van der Waals surface area (Å²) >= 11 is 1.13. The molecule has 3 aromatic carbocycles. The Balaban J connectivity index is 1.53. The molecule has 1 aromatic heterocycles. The zero-order valence-corrected chi connectivity index (χ0v) is 21.0. The number of ketones is 1. The Labute approximate surface area is 216 Å². The van der Waals surface area contributed by atoms with Gasteiger partial charge in [-0.15, -0.1) is 0 Å². The minimum atomic E-state index is -0.889. The summed E-state index contributed by atoms with van der Waals surface area (Å²) in [6, 6.07) is 16.2. The molecule has 6 rings (SSSR count). The molecule has 2 unspecified atom stereocenters. The van der Waals surface area contributed by atoms with Crippen LogP contribution in [0.3, 0.4) is 0 Å². The van der Waals surface area contributed by atoms with E-state index in [4.69, 9.17) is 4.74 Å². The average Bonchev–Trinajstić information content (AvgIpc) is 3.55. The van der Waals surface area contributed by atoms with Crippen molar-refractivity contribution < 1.29 is 23.8 Å². The molecule has 1 saturated heterocycles. The van der Waals surface area contributed by atoms with Gasteiger partial charge in [0.15, 0.2) is 5.13 Å². The number of carbonyl (C=O) groups is 2. The number of aliphatic hydroxyl groups is 1. The average molecular weight is 515 g/mol. The number of hydrogen-bond acceptors (Lipinski definition) is 6. The van der Waals surface area contributed by atoms with Crippen LogP contribution in [-0.2, 0) is 22.4 Å². The van der Waals surface area contributed by atoms with Crippen LogP contribution >= 0.6 is 11.3 Å². The number of amides is 1. The van der Waals surface area contributed by atoms with Gasteiger partial charge >= 0.3 is 5.91 Å². The Hall–Kier alpha value is -4.04. The topological polar surface area (TPSA) is 79.7 Å². The van der Waals surface area contributed by atoms with E-state index in [1.54, 1.807) is 24.3 Å². The van der Waals surface area contributed by atoms with Crippen molar-refractivity contribution in [3.63, 3.8) is 0 Å². The van der Waals surface area contributed by atoms with Crippen molar-refractivity contribution >= 4 is 44.1 Å². The molecule has 6 nitrogen and oxygen atoms in total. The number of fused-ring (bicyclic) bond motifs is 2.